The quantitative estimate of drug-likeness (QED) is 0.747. The molecule has 17 heavy (non-hydrogen) atoms. The third-order valence-corrected chi connectivity index (χ3v) is 3.77. The van der Waals surface area contributed by atoms with Gasteiger partial charge in [-0.25, -0.2) is 4.98 Å². The Labute approximate surface area is 100 Å². The number of H-pyrrole nitrogens is 1. The van der Waals surface area contributed by atoms with Gasteiger partial charge in [0.2, 0.25) is 5.95 Å². The van der Waals surface area contributed by atoms with Gasteiger partial charge in [0.1, 0.15) is 0 Å². The van der Waals surface area contributed by atoms with Crippen LogP contribution in [0.2, 0.25) is 0 Å². The van der Waals surface area contributed by atoms with E-state index in [9.17, 15) is 4.79 Å². The summed E-state index contributed by atoms with van der Waals surface area (Å²) in [5.41, 5.74) is 1.75. The molecule has 0 atom stereocenters. The molecule has 0 spiro atoms. The summed E-state index contributed by atoms with van der Waals surface area (Å²) >= 11 is 0. The van der Waals surface area contributed by atoms with Crippen molar-refractivity contribution in [3.63, 3.8) is 0 Å². The van der Waals surface area contributed by atoms with E-state index in [2.05, 4.69) is 27.1 Å². The van der Waals surface area contributed by atoms with Crippen LogP contribution in [0.5, 0.6) is 0 Å². The lowest BCUT2D eigenvalue weighted by molar-refractivity contribution is 0.434. The van der Waals surface area contributed by atoms with Gasteiger partial charge in [0.15, 0.2) is 0 Å². The Hall–Kier alpha value is -1.36. The highest BCUT2D eigenvalue weighted by Gasteiger charge is 2.21. The van der Waals surface area contributed by atoms with Gasteiger partial charge in [0.05, 0.1) is 11.3 Å². The topological polar surface area (TPSA) is 61.0 Å². The summed E-state index contributed by atoms with van der Waals surface area (Å²) < 4.78 is 0. The standard InChI is InChI=1S/C12H18N4O/c1-8-2-4-16(5-3-8)12-14-10-7-13-6-9(10)11(17)15-12/h8,13H,2-7H2,1H3,(H,14,15,17). The Kier molecular flexibility index (Phi) is 2.63. The normalized spacial score (nSPS) is 20.6. The zero-order valence-electron chi connectivity index (χ0n) is 10.1. The second kappa shape index (κ2) is 4.14. The summed E-state index contributed by atoms with van der Waals surface area (Å²) in [5.74, 6) is 1.54. The average molecular weight is 234 g/mol. The van der Waals surface area contributed by atoms with Crippen LogP contribution in [0.25, 0.3) is 0 Å². The second-order valence-electron chi connectivity index (χ2n) is 5.09. The highest BCUT2D eigenvalue weighted by Crippen LogP contribution is 2.20. The number of fused-ring (bicyclic) bond motifs is 1. The Morgan fingerprint density at radius 3 is 2.82 bits per heavy atom. The first kappa shape index (κ1) is 10.8. The first-order chi connectivity index (χ1) is 8.24. The number of nitrogens with zero attached hydrogens (tertiary/aromatic N) is 2. The van der Waals surface area contributed by atoms with Crippen molar-refractivity contribution in [2.24, 2.45) is 5.92 Å². The summed E-state index contributed by atoms with van der Waals surface area (Å²) in [6.45, 7) is 5.64. The van der Waals surface area contributed by atoms with Gasteiger partial charge in [-0.1, -0.05) is 6.92 Å². The van der Waals surface area contributed by atoms with E-state index in [-0.39, 0.29) is 5.56 Å². The van der Waals surface area contributed by atoms with E-state index in [1.165, 1.54) is 12.8 Å². The molecule has 0 aromatic carbocycles. The Balaban J connectivity index is 1.89. The number of anilines is 1. The highest BCUT2D eigenvalue weighted by molar-refractivity contribution is 5.35. The van der Waals surface area contributed by atoms with Crippen LogP contribution in [0.3, 0.4) is 0 Å². The van der Waals surface area contributed by atoms with Gasteiger partial charge >= 0.3 is 0 Å². The van der Waals surface area contributed by atoms with Crippen LogP contribution in [0.15, 0.2) is 4.79 Å². The van der Waals surface area contributed by atoms with Crippen LogP contribution in [-0.2, 0) is 13.1 Å². The van der Waals surface area contributed by atoms with Gasteiger partial charge in [-0.2, -0.15) is 0 Å². The molecule has 3 heterocycles. The van der Waals surface area contributed by atoms with Crippen molar-refractivity contribution in [1.29, 1.82) is 0 Å². The van der Waals surface area contributed by atoms with Gasteiger partial charge in [-0.3, -0.25) is 9.78 Å². The van der Waals surface area contributed by atoms with Crippen LogP contribution in [0.4, 0.5) is 5.95 Å². The van der Waals surface area contributed by atoms with E-state index in [1.54, 1.807) is 0 Å². The summed E-state index contributed by atoms with van der Waals surface area (Å²) in [4.78, 5) is 21.6. The summed E-state index contributed by atoms with van der Waals surface area (Å²) in [5, 5.41) is 3.16. The van der Waals surface area contributed by atoms with E-state index < -0.39 is 0 Å². The molecular formula is C12H18N4O. The Bertz CT molecular complexity index is 474. The van der Waals surface area contributed by atoms with Gasteiger partial charge in [-0.15, -0.1) is 0 Å². The molecule has 5 nitrogen and oxygen atoms in total. The van der Waals surface area contributed by atoms with E-state index in [1.807, 2.05) is 0 Å². The minimum absolute atomic E-state index is 0.0219. The molecule has 0 radical (unpaired) electrons. The molecule has 1 fully saturated rings. The molecule has 5 heteroatoms. The molecule has 2 N–H and O–H groups in total. The molecule has 0 aliphatic carbocycles. The number of aromatic amines is 1. The van der Waals surface area contributed by atoms with E-state index in [0.717, 1.165) is 42.8 Å². The zero-order valence-corrected chi connectivity index (χ0v) is 10.1. The van der Waals surface area contributed by atoms with Crippen molar-refractivity contribution in [3.05, 3.63) is 21.6 Å². The van der Waals surface area contributed by atoms with E-state index >= 15 is 0 Å². The molecule has 2 aliphatic rings. The van der Waals surface area contributed by atoms with Gasteiger partial charge in [-0.05, 0) is 18.8 Å². The maximum Gasteiger partial charge on any atom is 0.257 e. The maximum absolute atomic E-state index is 11.9. The van der Waals surface area contributed by atoms with Gasteiger partial charge in [0.25, 0.3) is 5.56 Å². The molecule has 0 unspecified atom stereocenters. The number of rotatable bonds is 1. The Morgan fingerprint density at radius 2 is 2.06 bits per heavy atom. The van der Waals surface area contributed by atoms with E-state index in [4.69, 9.17) is 0 Å². The van der Waals surface area contributed by atoms with Crippen molar-refractivity contribution in [3.8, 4) is 0 Å². The fourth-order valence-corrected chi connectivity index (χ4v) is 2.54. The van der Waals surface area contributed by atoms with Crippen LogP contribution in [0, 0.1) is 5.92 Å². The van der Waals surface area contributed by atoms with Crippen LogP contribution >= 0.6 is 0 Å². The highest BCUT2D eigenvalue weighted by atomic mass is 16.1. The number of aromatic nitrogens is 2. The monoisotopic (exact) mass is 234 g/mol. The molecule has 2 aliphatic heterocycles. The van der Waals surface area contributed by atoms with Crippen LogP contribution in [-0.4, -0.2) is 23.1 Å². The number of hydrogen-bond acceptors (Lipinski definition) is 4. The van der Waals surface area contributed by atoms with Crippen molar-refractivity contribution < 1.29 is 0 Å². The number of nitrogens with one attached hydrogen (secondary N) is 2. The summed E-state index contributed by atoms with van der Waals surface area (Å²) in [6, 6.07) is 0. The van der Waals surface area contributed by atoms with Crippen molar-refractivity contribution in [1.82, 2.24) is 15.3 Å². The molecule has 92 valence electrons. The summed E-state index contributed by atoms with van der Waals surface area (Å²) in [6.07, 6.45) is 2.36. The number of hydrogen-bond donors (Lipinski definition) is 2. The molecular weight excluding hydrogens is 216 g/mol. The lowest BCUT2D eigenvalue weighted by Crippen LogP contribution is -2.35. The van der Waals surface area contributed by atoms with Crippen molar-refractivity contribution in [2.75, 3.05) is 18.0 Å². The fraction of sp³-hybridized carbons (Fsp3) is 0.667. The van der Waals surface area contributed by atoms with Gasteiger partial charge in [0, 0.05) is 26.2 Å². The maximum atomic E-state index is 11.9. The number of piperidine rings is 1. The lowest BCUT2D eigenvalue weighted by Gasteiger charge is -2.30. The van der Waals surface area contributed by atoms with Crippen LogP contribution < -0.4 is 15.8 Å². The molecule has 3 rings (SSSR count). The zero-order chi connectivity index (χ0) is 11.8. The van der Waals surface area contributed by atoms with Gasteiger partial charge < -0.3 is 10.2 Å². The minimum Gasteiger partial charge on any atom is -0.342 e. The van der Waals surface area contributed by atoms with Crippen molar-refractivity contribution in [2.45, 2.75) is 32.9 Å². The average Bonchev–Trinajstić information content (AvgIpc) is 2.78. The fourth-order valence-electron chi connectivity index (χ4n) is 2.54. The molecule has 1 aromatic heterocycles. The predicted molar refractivity (Wildman–Crippen MR) is 66.0 cm³/mol. The molecule has 1 saturated heterocycles. The van der Waals surface area contributed by atoms with Crippen LogP contribution in [0.1, 0.15) is 31.0 Å². The third kappa shape index (κ3) is 1.95. The Morgan fingerprint density at radius 1 is 1.29 bits per heavy atom. The lowest BCUT2D eigenvalue weighted by atomic mass is 10.00. The third-order valence-electron chi connectivity index (χ3n) is 3.77. The molecule has 0 saturated carbocycles. The summed E-state index contributed by atoms with van der Waals surface area (Å²) in [7, 11) is 0. The predicted octanol–water partition coefficient (Wildman–Crippen LogP) is 0.609. The smallest absolute Gasteiger partial charge is 0.257 e. The SMILES string of the molecule is CC1CCN(c2nc3c(c(=O)[nH]2)CNC3)CC1. The van der Waals surface area contributed by atoms with E-state index in [0.29, 0.717) is 6.54 Å². The minimum atomic E-state index is 0.0219. The first-order valence-corrected chi connectivity index (χ1v) is 6.32. The molecule has 1 aromatic rings. The largest absolute Gasteiger partial charge is 0.342 e. The molecule has 0 bridgehead atoms. The second-order valence-corrected chi connectivity index (χ2v) is 5.09. The first-order valence-electron chi connectivity index (χ1n) is 6.32. The molecule has 0 amide bonds. The van der Waals surface area contributed by atoms with Crippen molar-refractivity contribution >= 4 is 5.95 Å².